The van der Waals surface area contributed by atoms with Gasteiger partial charge >= 0.3 is 0 Å². The van der Waals surface area contributed by atoms with Gasteiger partial charge in [-0.3, -0.25) is 9.78 Å². The molecular formula is C26H34N6O2S. The first-order chi connectivity index (χ1) is 16.8. The number of furan rings is 1. The summed E-state index contributed by atoms with van der Waals surface area (Å²) in [6, 6.07) is 9.44. The SMILES string of the molecule is CCN1CCN(c2cc(C(C)(C)C)nc(SCc3ccc(C(=O)NCc4cccnc4)o3)n2)CC1. The van der Waals surface area contributed by atoms with Crippen LogP contribution in [0.4, 0.5) is 5.82 Å². The van der Waals surface area contributed by atoms with E-state index in [0.29, 0.717) is 23.8 Å². The molecule has 35 heavy (non-hydrogen) atoms. The van der Waals surface area contributed by atoms with Crippen molar-refractivity contribution in [3.63, 3.8) is 0 Å². The maximum absolute atomic E-state index is 12.5. The number of nitrogens with one attached hydrogen (secondary N) is 1. The lowest BCUT2D eigenvalue weighted by Crippen LogP contribution is -2.46. The molecule has 0 saturated carbocycles. The van der Waals surface area contributed by atoms with Gasteiger partial charge in [0.1, 0.15) is 11.6 Å². The van der Waals surface area contributed by atoms with Crippen molar-refractivity contribution in [1.29, 1.82) is 0 Å². The van der Waals surface area contributed by atoms with Crippen LogP contribution in [0.15, 0.2) is 52.3 Å². The van der Waals surface area contributed by atoms with Crippen LogP contribution in [0.1, 0.15) is 55.3 Å². The standard InChI is InChI=1S/C26H34N6O2S/c1-5-31-11-13-32(14-12-31)23-15-22(26(2,3)4)29-25(30-23)35-18-20-8-9-21(34-20)24(33)28-17-19-7-6-10-27-16-19/h6-10,15-16H,5,11-14,17-18H2,1-4H3,(H,28,33). The highest BCUT2D eigenvalue weighted by Gasteiger charge is 2.23. The molecule has 1 N–H and O–H groups in total. The highest BCUT2D eigenvalue weighted by molar-refractivity contribution is 7.98. The van der Waals surface area contributed by atoms with E-state index in [-0.39, 0.29) is 11.3 Å². The van der Waals surface area contributed by atoms with Gasteiger partial charge in [0.2, 0.25) is 0 Å². The van der Waals surface area contributed by atoms with E-state index in [2.05, 4.69) is 53.9 Å². The van der Waals surface area contributed by atoms with Gasteiger partial charge in [-0.05, 0) is 30.3 Å². The Bertz CT molecular complexity index is 1120. The number of piperazine rings is 1. The topological polar surface area (TPSA) is 87.4 Å². The van der Waals surface area contributed by atoms with Gasteiger partial charge in [-0.1, -0.05) is 45.5 Å². The summed E-state index contributed by atoms with van der Waals surface area (Å²) in [6.07, 6.45) is 3.44. The van der Waals surface area contributed by atoms with Crippen LogP contribution >= 0.6 is 11.8 Å². The monoisotopic (exact) mass is 494 g/mol. The van der Waals surface area contributed by atoms with Gasteiger partial charge in [0.25, 0.3) is 5.91 Å². The van der Waals surface area contributed by atoms with Crippen LogP contribution in [0.5, 0.6) is 0 Å². The quantitative estimate of drug-likeness (QED) is 0.370. The smallest absolute Gasteiger partial charge is 0.287 e. The number of thioether (sulfide) groups is 1. The number of hydrogen-bond acceptors (Lipinski definition) is 8. The van der Waals surface area contributed by atoms with Gasteiger partial charge < -0.3 is 19.5 Å². The summed E-state index contributed by atoms with van der Waals surface area (Å²) in [5.74, 6) is 2.29. The second-order valence-corrected chi connectivity index (χ2v) is 10.6. The molecule has 0 aromatic carbocycles. The summed E-state index contributed by atoms with van der Waals surface area (Å²) in [5, 5.41) is 3.59. The van der Waals surface area contributed by atoms with E-state index in [1.807, 2.05) is 18.2 Å². The number of anilines is 1. The Hall–Kier alpha value is -2.91. The van der Waals surface area contributed by atoms with Crippen LogP contribution in [0, 0.1) is 0 Å². The first-order valence-electron chi connectivity index (χ1n) is 12.1. The fourth-order valence-electron chi connectivity index (χ4n) is 3.80. The lowest BCUT2D eigenvalue weighted by Gasteiger charge is -2.35. The van der Waals surface area contributed by atoms with Crippen LogP contribution in [-0.2, 0) is 17.7 Å². The number of carbonyl (C=O) groups is 1. The minimum Gasteiger partial charge on any atom is -0.455 e. The molecule has 0 bridgehead atoms. The molecule has 1 saturated heterocycles. The number of nitrogens with zero attached hydrogens (tertiary/aromatic N) is 5. The zero-order valence-electron chi connectivity index (χ0n) is 21.0. The first kappa shape index (κ1) is 25.2. The maximum Gasteiger partial charge on any atom is 0.287 e. The summed E-state index contributed by atoms with van der Waals surface area (Å²) < 4.78 is 5.80. The molecule has 4 heterocycles. The average molecular weight is 495 g/mol. The van der Waals surface area contributed by atoms with Gasteiger partial charge in [0.05, 0.1) is 11.4 Å². The number of aromatic nitrogens is 3. The molecule has 1 fully saturated rings. The van der Waals surface area contributed by atoms with Gasteiger partial charge in [-0.25, -0.2) is 9.97 Å². The van der Waals surface area contributed by atoms with Crippen LogP contribution in [0.25, 0.3) is 0 Å². The van der Waals surface area contributed by atoms with Gasteiger partial charge in [0, 0.05) is 56.6 Å². The second-order valence-electron chi connectivity index (χ2n) is 9.66. The summed E-state index contributed by atoms with van der Waals surface area (Å²) in [7, 11) is 0. The fraction of sp³-hybridized carbons (Fsp3) is 0.462. The Balaban J connectivity index is 1.41. The predicted molar refractivity (Wildman–Crippen MR) is 139 cm³/mol. The highest BCUT2D eigenvalue weighted by atomic mass is 32.2. The molecule has 8 nitrogen and oxygen atoms in total. The fourth-order valence-corrected chi connectivity index (χ4v) is 4.55. The van der Waals surface area contributed by atoms with Crippen molar-refractivity contribution in [3.05, 3.63) is 65.5 Å². The number of carbonyl (C=O) groups excluding carboxylic acids is 1. The Morgan fingerprint density at radius 2 is 1.94 bits per heavy atom. The first-order valence-corrected chi connectivity index (χ1v) is 13.1. The van der Waals surface area contributed by atoms with Gasteiger partial charge in [-0.15, -0.1) is 0 Å². The molecule has 0 radical (unpaired) electrons. The average Bonchev–Trinajstić information content (AvgIpc) is 3.35. The molecule has 1 aliphatic rings. The van der Waals surface area contributed by atoms with Crippen molar-refractivity contribution < 1.29 is 9.21 Å². The lowest BCUT2D eigenvalue weighted by atomic mass is 9.92. The van der Waals surface area contributed by atoms with Crippen molar-refractivity contribution in [2.45, 2.75) is 50.6 Å². The highest BCUT2D eigenvalue weighted by Crippen LogP contribution is 2.29. The molecule has 4 rings (SSSR count). The number of pyridine rings is 1. The molecule has 0 aliphatic carbocycles. The number of hydrogen-bond donors (Lipinski definition) is 1. The Morgan fingerprint density at radius 1 is 1.14 bits per heavy atom. The molecule has 3 aromatic rings. The van der Waals surface area contributed by atoms with Gasteiger partial charge in [0.15, 0.2) is 10.9 Å². The van der Waals surface area contributed by atoms with E-state index < -0.39 is 0 Å². The van der Waals surface area contributed by atoms with Crippen molar-refractivity contribution in [3.8, 4) is 0 Å². The zero-order chi connectivity index (χ0) is 24.8. The van der Waals surface area contributed by atoms with E-state index in [1.165, 1.54) is 11.8 Å². The summed E-state index contributed by atoms with van der Waals surface area (Å²) in [5.41, 5.74) is 1.88. The number of rotatable bonds is 8. The van der Waals surface area contributed by atoms with Crippen molar-refractivity contribution >= 4 is 23.5 Å². The molecule has 1 aliphatic heterocycles. The second kappa shape index (κ2) is 11.2. The molecule has 1 amide bonds. The summed E-state index contributed by atoms with van der Waals surface area (Å²) in [4.78, 5) is 31.0. The van der Waals surface area contributed by atoms with E-state index in [1.54, 1.807) is 18.5 Å². The van der Waals surface area contributed by atoms with Crippen molar-refractivity contribution in [2.24, 2.45) is 0 Å². The van der Waals surface area contributed by atoms with E-state index in [9.17, 15) is 4.79 Å². The minimum absolute atomic E-state index is 0.0809. The zero-order valence-corrected chi connectivity index (χ0v) is 21.8. The molecule has 0 unspecified atom stereocenters. The van der Waals surface area contributed by atoms with Crippen LogP contribution in [-0.4, -0.2) is 58.5 Å². The summed E-state index contributed by atoms with van der Waals surface area (Å²) >= 11 is 1.53. The largest absolute Gasteiger partial charge is 0.455 e. The normalized spacial score (nSPS) is 14.8. The Morgan fingerprint density at radius 3 is 2.63 bits per heavy atom. The molecule has 3 aromatic heterocycles. The Labute approximate surface area is 211 Å². The molecule has 9 heteroatoms. The Kier molecular flexibility index (Phi) is 8.07. The molecule has 186 valence electrons. The third-order valence-electron chi connectivity index (χ3n) is 6.01. The van der Waals surface area contributed by atoms with E-state index in [0.717, 1.165) is 55.0 Å². The number of amides is 1. The summed E-state index contributed by atoms with van der Waals surface area (Å²) in [6.45, 7) is 14.2. The third kappa shape index (κ3) is 6.82. The number of likely N-dealkylation sites (N-methyl/N-ethyl adjacent to an activating group) is 1. The predicted octanol–water partition coefficient (Wildman–Crippen LogP) is 4.13. The maximum atomic E-state index is 12.5. The van der Waals surface area contributed by atoms with Crippen LogP contribution in [0.3, 0.4) is 0 Å². The molecular weight excluding hydrogens is 460 g/mol. The minimum atomic E-state index is -0.246. The van der Waals surface area contributed by atoms with Gasteiger partial charge in [-0.2, -0.15) is 0 Å². The van der Waals surface area contributed by atoms with Crippen LogP contribution in [0.2, 0.25) is 0 Å². The van der Waals surface area contributed by atoms with E-state index >= 15 is 0 Å². The molecule has 0 atom stereocenters. The third-order valence-corrected chi connectivity index (χ3v) is 6.88. The van der Waals surface area contributed by atoms with Crippen molar-refractivity contribution in [2.75, 3.05) is 37.6 Å². The van der Waals surface area contributed by atoms with E-state index in [4.69, 9.17) is 14.4 Å². The van der Waals surface area contributed by atoms with Crippen LogP contribution < -0.4 is 10.2 Å². The van der Waals surface area contributed by atoms with Crippen molar-refractivity contribution in [1.82, 2.24) is 25.2 Å². The lowest BCUT2D eigenvalue weighted by molar-refractivity contribution is 0.0921. The molecule has 0 spiro atoms.